The molecule has 6 heteroatoms. The highest BCUT2D eigenvalue weighted by Crippen LogP contribution is 2.23. The van der Waals surface area contributed by atoms with Crippen LogP contribution in [0.4, 0.5) is 0 Å². The number of aromatic nitrogens is 2. The summed E-state index contributed by atoms with van der Waals surface area (Å²) in [6, 6.07) is 3.81. The Hall–Kier alpha value is -1.24. The van der Waals surface area contributed by atoms with Gasteiger partial charge in [-0.3, -0.25) is 0 Å². The molecule has 15 heavy (non-hydrogen) atoms. The maximum Gasteiger partial charge on any atom is 0.255 e. The molecule has 2 heterocycles. The Labute approximate surface area is 90.5 Å². The van der Waals surface area contributed by atoms with Gasteiger partial charge < -0.3 is 15.4 Å². The van der Waals surface area contributed by atoms with E-state index >= 15 is 0 Å². The van der Waals surface area contributed by atoms with Crippen molar-refractivity contribution >= 4 is 11.3 Å². The summed E-state index contributed by atoms with van der Waals surface area (Å²) in [6.45, 7) is 0.387. The summed E-state index contributed by atoms with van der Waals surface area (Å²) in [5.41, 5.74) is 5.32. The molecule has 0 aromatic carbocycles. The zero-order chi connectivity index (χ0) is 10.7. The average Bonchev–Trinajstić information content (AvgIpc) is 2.89. The SMILES string of the molecule is NCCC(O)c1nc(-c2cccs2)no1. The zero-order valence-corrected chi connectivity index (χ0v) is 8.78. The predicted octanol–water partition coefficient (Wildman–Crippen LogP) is 1.18. The number of aliphatic hydroxyl groups is 1. The molecule has 0 saturated carbocycles. The van der Waals surface area contributed by atoms with E-state index in [0.717, 1.165) is 4.88 Å². The first-order chi connectivity index (χ1) is 7.31. The van der Waals surface area contributed by atoms with E-state index in [2.05, 4.69) is 10.1 Å². The van der Waals surface area contributed by atoms with Crippen molar-refractivity contribution in [2.24, 2.45) is 5.73 Å². The molecule has 1 atom stereocenters. The highest BCUT2D eigenvalue weighted by Gasteiger charge is 2.16. The molecule has 2 rings (SSSR count). The lowest BCUT2D eigenvalue weighted by Gasteiger charge is -2.00. The molecular weight excluding hydrogens is 214 g/mol. The van der Waals surface area contributed by atoms with Gasteiger partial charge >= 0.3 is 0 Å². The first kappa shape index (κ1) is 10.3. The van der Waals surface area contributed by atoms with Crippen molar-refractivity contribution in [3.8, 4) is 10.7 Å². The first-order valence-electron chi connectivity index (χ1n) is 4.57. The van der Waals surface area contributed by atoms with E-state index in [9.17, 15) is 5.11 Å². The predicted molar refractivity (Wildman–Crippen MR) is 56.2 cm³/mol. The molecular formula is C9H11N3O2S. The van der Waals surface area contributed by atoms with Crippen LogP contribution in [0, 0.1) is 0 Å². The Balaban J connectivity index is 2.17. The van der Waals surface area contributed by atoms with Crippen LogP contribution in [-0.2, 0) is 0 Å². The van der Waals surface area contributed by atoms with Crippen molar-refractivity contribution in [1.29, 1.82) is 0 Å². The van der Waals surface area contributed by atoms with Crippen LogP contribution < -0.4 is 5.73 Å². The smallest absolute Gasteiger partial charge is 0.255 e. The molecule has 0 aliphatic rings. The molecule has 3 N–H and O–H groups in total. The van der Waals surface area contributed by atoms with Crippen LogP contribution in [0.5, 0.6) is 0 Å². The molecule has 1 unspecified atom stereocenters. The van der Waals surface area contributed by atoms with Gasteiger partial charge in [-0.1, -0.05) is 11.2 Å². The molecule has 2 aromatic rings. The van der Waals surface area contributed by atoms with Gasteiger partial charge in [-0.2, -0.15) is 4.98 Å². The topological polar surface area (TPSA) is 85.2 Å². The van der Waals surface area contributed by atoms with Gasteiger partial charge in [-0.05, 0) is 24.4 Å². The minimum Gasteiger partial charge on any atom is -0.383 e. The number of thiophene rings is 1. The summed E-state index contributed by atoms with van der Waals surface area (Å²) in [6.07, 6.45) is -0.345. The maximum atomic E-state index is 9.56. The summed E-state index contributed by atoms with van der Waals surface area (Å²) in [5.74, 6) is 0.736. The molecule has 80 valence electrons. The van der Waals surface area contributed by atoms with E-state index in [1.165, 1.54) is 11.3 Å². The summed E-state index contributed by atoms with van der Waals surface area (Å²) >= 11 is 1.52. The number of nitrogens with zero attached hydrogens (tertiary/aromatic N) is 2. The number of hydrogen-bond donors (Lipinski definition) is 2. The largest absolute Gasteiger partial charge is 0.383 e. The van der Waals surface area contributed by atoms with Crippen LogP contribution in [-0.4, -0.2) is 21.8 Å². The molecule has 0 aliphatic carbocycles. The van der Waals surface area contributed by atoms with E-state index in [0.29, 0.717) is 18.8 Å². The molecule has 0 bridgehead atoms. The fourth-order valence-corrected chi connectivity index (χ4v) is 1.81. The average molecular weight is 225 g/mol. The lowest BCUT2D eigenvalue weighted by Crippen LogP contribution is -2.06. The van der Waals surface area contributed by atoms with Gasteiger partial charge in [0.1, 0.15) is 6.10 Å². The Morgan fingerprint density at radius 1 is 1.60 bits per heavy atom. The highest BCUT2D eigenvalue weighted by molar-refractivity contribution is 7.13. The molecule has 0 spiro atoms. The summed E-state index contributed by atoms with van der Waals surface area (Å²) in [4.78, 5) is 5.02. The Bertz CT molecular complexity index is 413. The summed E-state index contributed by atoms with van der Waals surface area (Å²) in [5, 5.41) is 15.3. The Morgan fingerprint density at radius 3 is 3.13 bits per heavy atom. The first-order valence-corrected chi connectivity index (χ1v) is 5.45. The van der Waals surface area contributed by atoms with Crippen LogP contribution in [0.1, 0.15) is 18.4 Å². The summed E-state index contributed by atoms with van der Waals surface area (Å²) in [7, 11) is 0. The molecule has 2 aromatic heterocycles. The van der Waals surface area contributed by atoms with E-state index < -0.39 is 6.10 Å². The third-order valence-corrected chi connectivity index (χ3v) is 2.77. The lowest BCUT2D eigenvalue weighted by atomic mass is 10.2. The van der Waals surface area contributed by atoms with Gasteiger partial charge in [0, 0.05) is 0 Å². The van der Waals surface area contributed by atoms with Crippen molar-refractivity contribution in [3.63, 3.8) is 0 Å². The van der Waals surface area contributed by atoms with Crippen LogP contribution >= 0.6 is 11.3 Å². The fourth-order valence-electron chi connectivity index (χ4n) is 1.16. The number of nitrogens with two attached hydrogens (primary N) is 1. The zero-order valence-electron chi connectivity index (χ0n) is 7.96. The maximum absolute atomic E-state index is 9.56. The normalized spacial score (nSPS) is 12.9. The molecule has 0 amide bonds. The van der Waals surface area contributed by atoms with Gasteiger partial charge in [0.05, 0.1) is 4.88 Å². The van der Waals surface area contributed by atoms with Gasteiger partial charge in [0.2, 0.25) is 5.82 Å². The molecule has 0 saturated heterocycles. The van der Waals surface area contributed by atoms with Gasteiger partial charge in [-0.25, -0.2) is 0 Å². The number of hydrogen-bond acceptors (Lipinski definition) is 6. The van der Waals surface area contributed by atoms with Crippen molar-refractivity contribution < 1.29 is 9.63 Å². The van der Waals surface area contributed by atoms with Crippen LogP contribution in [0.2, 0.25) is 0 Å². The van der Waals surface area contributed by atoms with E-state index in [1.54, 1.807) is 0 Å². The fraction of sp³-hybridized carbons (Fsp3) is 0.333. The molecule has 0 fully saturated rings. The lowest BCUT2D eigenvalue weighted by molar-refractivity contribution is 0.127. The van der Waals surface area contributed by atoms with Crippen molar-refractivity contribution in [2.75, 3.05) is 6.54 Å². The Kier molecular flexibility index (Phi) is 3.10. The summed E-state index contributed by atoms with van der Waals surface area (Å²) < 4.78 is 4.94. The van der Waals surface area contributed by atoms with Gasteiger partial charge in [-0.15, -0.1) is 11.3 Å². The Morgan fingerprint density at radius 2 is 2.47 bits per heavy atom. The molecule has 0 radical (unpaired) electrons. The molecule has 5 nitrogen and oxygen atoms in total. The standard InChI is InChI=1S/C9H11N3O2S/c10-4-3-6(13)9-11-8(12-14-9)7-2-1-5-15-7/h1-2,5-6,13H,3-4,10H2. The van der Waals surface area contributed by atoms with E-state index in [-0.39, 0.29) is 5.89 Å². The van der Waals surface area contributed by atoms with Crippen molar-refractivity contribution in [3.05, 3.63) is 23.4 Å². The van der Waals surface area contributed by atoms with Crippen LogP contribution in [0.3, 0.4) is 0 Å². The quantitative estimate of drug-likeness (QED) is 0.816. The van der Waals surface area contributed by atoms with Gasteiger partial charge in [0.15, 0.2) is 0 Å². The number of aliphatic hydroxyl groups excluding tert-OH is 1. The molecule has 0 aliphatic heterocycles. The van der Waals surface area contributed by atoms with Crippen molar-refractivity contribution in [1.82, 2.24) is 10.1 Å². The second-order valence-electron chi connectivity index (χ2n) is 3.03. The van der Waals surface area contributed by atoms with E-state index in [1.807, 2.05) is 17.5 Å². The van der Waals surface area contributed by atoms with Gasteiger partial charge in [0.25, 0.3) is 5.89 Å². The van der Waals surface area contributed by atoms with E-state index in [4.69, 9.17) is 10.3 Å². The van der Waals surface area contributed by atoms with Crippen LogP contribution in [0.15, 0.2) is 22.0 Å². The minimum absolute atomic E-state index is 0.226. The number of rotatable bonds is 4. The third kappa shape index (κ3) is 2.23. The second kappa shape index (κ2) is 4.52. The third-order valence-electron chi connectivity index (χ3n) is 1.91. The van der Waals surface area contributed by atoms with Crippen LogP contribution in [0.25, 0.3) is 10.7 Å². The highest BCUT2D eigenvalue weighted by atomic mass is 32.1. The monoisotopic (exact) mass is 225 g/mol. The van der Waals surface area contributed by atoms with Crippen molar-refractivity contribution in [2.45, 2.75) is 12.5 Å². The minimum atomic E-state index is -0.767. The second-order valence-corrected chi connectivity index (χ2v) is 3.97.